The molecule has 6 heteroatoms. The first-order valence-electron chi connectivity index (χ1n) is 6.43. The Bertz CT molecular complexity index is 528. The van der Waals surface area contributed by atoms with Gasteiger partial charge in [-0.1, -0.05) is 0 Å². The topological polar surface area (TPSA) is 66.9 Å². The van der Waals surface area contributed by atoms with Crippen LogP contribution in [0, 0.1) is 6.92 Å². The quantitative estimate of drug-likeness (QED) is 0.893. The SMILES string of the molecule is Cc1ccnc(C2CN(Cc3ncc[nH]3)CCO2)n1. The summed E-state index contributed by atoms with van der Waals surface area (Å²) in [6.07, 6.45) is 5.35. The van der Waals surface area contributed by atoms with Gasteiger partial charge in [-0.05, 0) is 13.0 Å². The van der Waals surface area contributed by atoms with Gasteiger partial charge in [0.1, 0.15) is 11.9 Å². The van der Waals surface area contributed by atoms with Crippen LogP contribution in [0.4, 0.5) is 0 Å². The molecule has 0 aromatic carbocycles. The van der Waals surface area contributed by atoms with Gasteiger partial charge in [-0.15, -0.1) is 0 Å². The first-order chi connectivity index (χ1) is 9.31. The van der Waals surface area contributed by atoms with Crippen molar-refractivity contribution in [3.05, 3.63) is 42.0 Å². The fourth-order valence-electron chi connectivity index (χ4n) is 2.22. The van der Waals surface area contributed by atoms with E-state index in [0.717, 1.165) is 37.0 Å². The third-order valence-electron chi connectivity index (χ3n) is 3.18. The van der Waals surface area contributed by atoms with Crippen LogP contribution in [0.1, 0.15) is 23.4 Å². The van der Waals surface area contributed by atoms with E-state index in [1.165, 1.54) is 0 Å². The number of hydrogen-bond donors (Lipinski definition) is 1. The van der Waals surface area contributed by atoms with E-state index >= 15 is 0 Å². The summed E-state index contributed by atoms with van der Waals surface area (Å²) in [5, 5.41) is 0. The second-order valence-electron chi connectivity index (χ2n) is 4.69. The normalized spacial score (nSPS) is 20.6. The fraction of sp³-hybridized carbons (Fsp3) is 0.462. The van der Waals surface area contributed by atoms with Crippen LogP contribution < -0.4 is 0 Å². The Morgan fingerprint density at radius 1 is 1.42 bits per heavy atom. The molecule has 0 spiro atoms. The molecule has 0 amide bonds. The molecule has 2 aromatic rings. The Labute approximate surface area is 111 Å². The number of hydrogen-bond acceptors (Lipinski definition) is 5. The first-order valence-corrected chi connectivity index (χ1v) is 6.43. The van der Waals surface area contributed by atoms with E-state index in [0.29, 0.717) is 6.61 Å². The summed E-state index contributed by atoms with van der Waals surface area (Å²) < 4.78 is 5.77. The Morgan fingerprint density at radius 2 is 2.37 bits per heavy atom. The highest BCUT2D eigenvalue weighted by Gasteiger charge is 2.24. The number of imidazole rings is 1. The number of nitrogens with one attached hydrogen (secondary N) is 1. The molecule has 19 heavy (non-hydrogen) atoms. The lowest BCUT2D eigenvalue weighted by atomic mass is 10.2. The van der Waals surface area contributed by atoms with Gasteiger partial charge in [-0.2, -0.15) is 0 Å². The van der Waals surface area contributed by atoms with Gasteiger partial charge in [0, 0.05) is 37.4 Å². The summed E-state index contributed by atoms with van der Waals surface area (Å²) in [6, 6.07) is 1.90. The maximum Gasteiger partial charge on any atom is 0.158 e. The maximum atomic E-state index is 5.77. The van der Waals surface area contributed by atoms with Gasteiger partial charge in [0.05, 0.1) is 13.2 Å². The summed E-state index contributed by atoms with van der Waals surface area (Å²) >= 11 is 0. The Morgan fingerprint density at radius 3 is 3.16 bits per heavy atom. The largest absolute Gasteiger partial charge is 0.368 e. The van der Waals surface area contributed by atoms with E-state index in [4.69, 9.17) is 4.74 Å². The lowest BCUT2D eigenvalue weighted by Gasteiger charge is -2.31. The van der Waals surface area contributed by atoms with Crippen molar-refractivity contribution >= 4 is 0 Å². The minimum absolute atomic E-state index is 0.0522. The molecule has 1 saturated heterocycles. The van der Waals surface area contributed by atoms with Crippen LogP contribution in [0.15, 0.2) is 24.7 Å². The van der Waals surface area contributed by atoms with E-state index in [1.807, 2.05) is 19.2 Å². The Kier molecular flexibility index (Phi) is 3.52. The molecular weight excluding hydrogens is 242 g/mol. The van der Waals surface area contributed by atoms with Crippen LogP contribution in [-0.4, -0.2) is 44.5 Å². The van der Waals surface area contributed by atoms with Crippen LogP contribution in [0.25, 0.3) is 0 Å². The number of nitrogens with zero attached hydrogens (tertiary/aromatic N) is 4. The number of aryl methyl sites for hydroxylation is 1. The van der Waals surface area contributed by atoms with E-state index < -0.39 is 0 Å². The van der Waals surface area contributed by atoms with Gasteiger partial charge in [-0.3, -0.25) is 4.90 Å². The summed E-state index contributed by atoms with van der Waals surface area (Å²) in [5.41, 5.74) is 0.969. The number of rotatable bonds is 3. The molecule has 2 aromatic heterocycles. The summed E-state index contributed by atoms with van der Waals surface area (Å²) in [6.45, 7) is 5.17. The minimum atomic E-state index is -0.0522. The van der Waals surface area contributed by atoms with E-state index in [2.05, 4.69) is 24.8 Å². The second-order valence-corrected chi connectivity index (χ2v) is 4.69. The summed E-state index contributed by atoms with van der Waals surface area (Å²) in [4.78, 5) is 18.4. The van der Waals surface area contributed by atoms with Gasteiger partial charge in [0.15, 0.2) is 5.82 Å². The molecule has 1 aliphatic heterocycles. The third kappa shape index (κ3) is 2.97. The van der Waals surface area contributed by atoms with Crippen LogP contribution in [-0.2, 0) is 11.3 Å². The lowest BCUT2D eigenvalue weighted by Crippen LogP contribution is -2.38. The molecule has 1 fully saturated rings. The van der Waals surface area contributed by atoms with E-state index in [-0.39, 0.29) is 6.10 Å². The van der Waals surface area contributed by atoms with Crippen molar-refractivity contribution in [2.75, 3.05) is 19.7 Å². The number of morpholine rings is 1. The molecule has 0 radical (unpaired) electrons. The molecule has 3 heterocycles. The van der Waals surface area contributed by atoms with Crippen LogP contribution in [0.3, 0.4) is 0 Å². The average molecular weight is 259 g/mol. The van der Waals surface area contributed by atoms with Crippen molar-refractivity contribution < 1.29 is 4.74 Å². The van der Waals surface area contributed by atoms with Crippen molar-refractivity contribution in [3.63, 3.8) is 0 Å². The zero-order valence-electron chi connectivity index (χ0n) is 10.9. The molecule has 1 N–H and O–H groups in total. The van der Waals surface area contributed by atoms with Crippen molar-refractivity contribution in [2.24, 2.45) is 0 Å². The van der Waals surface area contributed by atoms with Gasteiger partial charge in [-0.25, -0.2) is 15.0 Å². The van der Waals surface area contributed by atoms with Crippen molar-refractivity contribution in [1.29, 1.82) is 0 Å². The molecule has 1 aliphatic rings. The van der Waals surface area contributed by atoms with Crippen LogP contribution in [0.2, 0.25) is 0 Å². The molecule has 1 unspecified atom stereocenters. The maximum absolute atomic E-state index is 5.77. The molecule has 0 bridgehead atoms. The van der Waals surface area contributed by atoms with Gasteiger partial charge < -0.3 is 9.72 Å². The monoisotopic (exact) mass is 259 g/mol. The molecule has 6 nitrogen and oxygen atoms in total. The highest BCUT2D eigenvalue weighted by atomic mass is 16.5. The number of ether oxygens (including phenoxy) is 1. The number of aromatic amines is 1. The summed E-state index contributed by atoms with van der Waals surface area (Å²) in [7, 11) is 0. The van der Waals surface area contributed by atoms with Gasteiger partial charge in [0.25, 0.3) is 0 Å². The highest BCUT2D eigenvalue weighted by Crippen LogP contribution is 2.19. The Hall–Kier alpha value is -1.79. The van der Waals surface area contributed by atoms with Gasteiger partial charge in [0.2, 0.25) is 0 Å². The molecule has 100 valence electrons. The molecule has 0 saturated carbocycles. The zero-order valence-corrected chi connectivity index (χ0v) is 10.9. The average Bonchev–Trinajstić information content (AvgIpc) is 2.92. The molecule has 0 aliphatic carbocycles. The molecule has 3 rings (SSSR count). The lowest BCUT2D eigenvalue weighted by molar-refractivity contribution is -0.0379. The van der Waals surface area contributed by atoms with Crippen LogP contribution in [0.5, 0.6) is 0 Å². The van der Waals surface area contributed by atoms with Crippen LogP contribution >= 0.6 is 0 Å². The molecule has 1 atom stereocenters. The van der Waals surface area contributed by atoms with E-state index in [1.54, 1.807) is 12.4 Å². The number of aromatic nitrogens is 4. The smallest absolute Gasteiger partial charge is 0.158 e. The first kappa shape index (κ1) is 12.3. The summed E-state index contributed by atoms with van der Waals surface area (Å²) in [5.74, 6) is 1.75. The zero-order chi connectivity index (χ0) is 13.1. The molecular formula is C13H17N5O. The fourth-order valence-corrected chi connectivity index (χ4v) is 2.22. The van der Waals surface area contributed by atoms with Crippen molar-refractivity contribution in [3.8, 4) is 0 Å². The van der Waals surface area contributed by atoms with E-state index in [9.17, 15) is 0 Å². The van der Waals surface area contributed by atoms with Gasteiger partial charge >= 0.3 is 0 Å². The second kappa shape index (κ2) is 5.46. The third-order valence-corrected chi connectivity index (χ3v) is 3.18. The standard InChI is InChI=1S/C13H17N5O/c1-10-2-3-16-13(17-10)11-8-18(6-7-19-11)9-12-14-4-5-15-12/h2-5,11H,6-9H2,1H3,(H,14,15). The van der Waals surface area contributed by atoms with Crippen molar-refractivity contribution in [2.45, 2.75) is 19.6 Å². The predicted molar refractivity (Wildman–Crippen MR) is 69.3 cm³/mol. The minimum Gasteiger partial charge on any atom is -0.368 e. The predicted octanol–water partition coefficient (Wildman–Crippen LogP) is 1.08. The number of H-pyrrole nitrogens is 1. The van der Waals surface area contributed by atoms with Crippen molar-refractivity contribution in [1.82, 2.24) is 24.8 Å². The Balaban J connectivity index is 1.67. The highest BCUT2D eigenvalue weighted by molar-refractivity contribution is 5.03.